The molecule has 8 aromatic rings. The van der Waals surface area contributed by atoms with Crippen LogP contribution in [0.5, 0.6) is 0 Å². The van der Waals surface area contributed by atoms with Crippen molar-refractivity contribution in [3.8, 4) is 20.9 Å². The van der Waals surface area contributed by atoms with Crippen LogP contribution in [0.25, 0.3) is 72.0 Å². The molecule has 6 heterocycles. The van der Waals surface area contributed by atoms with Crippen LogP contribution < -0.4 is 10.6 Å². The lowest BCUT2D eigenvalue weighted by Crippen LogP contribution is -2.39. The minimum Gasteiger partial charge on any atom is -0.288 e. The molecule has 0 fully saturated rings. The summed E-state index contributed by atoms with van der Waals surface area (Å²) in [6.45, 7) is 0. The van der Waals surface area contributed by atoms with Gasteiger partial charge in [-0.15, -0.1) is 45.3 Å². The summed E-state index contributed by atoms with van der Waals surface area (Å²) in [5.74, 6) is -2.17. The molecule has 0 saturated heterocycles. The molecule has 10 heteroatoms. The second-order valence-corrected chi connectivity index (χ2v) is 14.8. The molecular formula is C34H14N2O4S4. The van der Waals surface area contributed by atoms with Crippen LogP contribution in [0.1, 0.15) is 41.4 Å². The molecule has 2 N–H and O–H groups in total. The fourth-order valence-corrected chi connectivity index (χ4v) is 11.1. The maximum absolute atomic E-state index is 13.6. The van der Waals surface area contributed by atoms with Gasteiger partial charge in [-0.1, -0.05) is 24.3 Å². The van der Waals surface area contributed by atoms with Crippen molar-refractivity contribution in [2.24, 2.45) is 0 Å². The van der Waals surface area contributed by atoms with Gasteiger partial charge in [0.2, 0.25) is 0 Å². The molecule has 0 aliphatic carbocycles. The first-order valence-electron chi connectivity index (χ1n) is 13.6. The van der Waals surface area contributed by atoms with Crippen molar-refractivity contribution in [2.45, 2.75) is 0 Å². The van der Waals surface area contributed by atoms with E-state index in [4.69, 9.17) is 0 Å². The molecule has 208 valence electrons. The Bertz CT molecular complexity index is 2520. The van der Waals surface area contributed by atoms with Gasteiger partial charge in [0.1, 0.15) is 0 Å². The largest absolute Gasteiger partial charge is 0.288 e. The third kappa shape index (κ3) is 3.12. The Labute approximate surface area is 263 Å². The summed E-state index contributed by atoms with van der Waals surface area (Å²) in [6, 6.07) is 19.9. The van der Waals surface area contributed by atoms with Crippen molar-refractivity contribution in [3.05, 3.63) is 93.7 Å². The number of hydrogen-bond donors (Lipinski definition) is 2. The van der Waals surface area contributed by atoms with Gasteiger partial charge in [0.05, 0.1) is 29.9 Å². The summed E-state index contributed by atoms with van der Waals surface area (Å²) in [5, 5.41) is 14.3. The highest BCUT2D eigenvalue weighted by Crippen LogP contribution is 2.48. The zero-order chi connectivity index (χ0) is 29.4. The number of rotatable bonds is 2. The molecule has 4 aromatic heterocycles. The number of amides is 4. The molecule has 2 aliphatic rings. The highest BCUT2D eigenvalue weighted by atomic mass is 32.1. The molecule has 6 nitrogen and oxygen atoms in total. The number of carbonyl (C=O) groups is 4. The van der Waals surface area contributed by atoms with Gasteiger partial charge in [0.25, 0.3) is 23.6 Å². The topological polar surface area (TPSA) is 92.3 Å². The molecule has 4 aromatic carbocycles. The van der Waals surface area contributed by atoms with Crippen molar-refractivity contribution >= 4 is 120 Å². The molecular weight excluding hydrogens is 629 g/mol. The number of fused-ring (bicyclic) bond motifs is 6. The van der Waals surface area contributed by atoms with E-state index >= 15 is 0 Å². The lowest BCUT2D eigenvalue weighted by atomic mass is 9.81. The maximum atomic E-state index is 13.6. The molecule has 44 heavy (non-hydrogen) atoms. The van der Waals surface area contributed by atoms with Crippen LogP contribution in [0.15, 0.2) is 71.4 Å². The van der Waals surface area contributed by atoms with Gasteiger partial charge in [-0.05, 0) is 68.7 Å². The quantitative estimate of drug-likeness (QED) is 0.184. The average molecular weight is 643 g/mol. The van der Waals surface area contributed by atoms with Crippen molar-refractivity contribution in [3.63, 3.8) is 0 Å². The molecule has 2 aliphatic heterocycles. The first kappa shape index (κ1) is 24.7. The molecule has 10 rings (SSSR count). The number of nitrogens with one attached hydrogen (secondary N) is 2. The van der Waals surface area contributed by atoms with Gasteiger partial charge >= 0.3 is 0 Å². The highest BCUT2D eigenvalue weighted by Gasteiger charge is 2.38. The predicted molar refractivity (Wildman–Crippen MR) is 180 cm³/mol. The Morgan fingerprint density at radius 1 is 0.432 bits per heavy atom. The normalized spacial score (nSPS) is 14.5. The number of imide groups is 2. The summed E-state index contributed by atoms with van der Waals surface area (Å²) in [5.41, 5.74) is 2.29. The molecule has 0 unspecified atom stereocenters. The molecule has 4 amide bonds. The van der Waals surface area contributed by atoms with Gasteiger partial charge in [-0.25, -0.2) is 0 Å². The van der Waals surface area contributed by atoms with E-state index in [1.54, 1.807) is 57.5 Å². The van der Waals surface area contributed by atoms with E-state index < -0.39 is 23.6 Å². The molecule has 0 atom stereocenters. The van der Waals surface area contributed by atoms with Gasteiger partial charge < -0.3 is 0 Å². The molecule has 0 saturated carbocycles. The predicted octanol–water partition coefficient (Wildman–Crippen LogP) is 8.80. The fourth-order valence-electron chi connectivity index (χ4n) is 6.63. The molecule has 0 bridgehead atoms. The Balaban J connectivity index is 1.32. The third-order valence-corrected chi connectivity index (χ3v) is 13.1. The minimum atomic E-state index is -0.546. The summed E-state index contributed by atoms with van der Waals surface area (Å²) >= 11 is 6.42. The smallest absolute Gasteiger partial charge is 0.259 e. The second kappa shape index (κ2) is 8.46. The van der Waals surface area contributed by atoms with E-state index in [0.717, 1.165) is 50.1 Å². The number of benzene rings is 4. The lowest BCUT2D eigenvalue weighted by Gasteiger charge is -2.26. The lowest BCUT2D eigenvalue weighted by molar-refractivity contribution is 0.0824. The van der Waals surface area contributed by atoms with Crippen LogP contribution >= 0.6 is 45.3 Å². The Hall–Kier alpha value is -4.74. The van der Waals surface area contributed by atoms with Gasteiger partial charge in [0.15, 0.2) is 0 Å². The number of thiophene rings is 4. The van der Waals surface area contributed by atoms with E-state index in [1.807, 2.05) is 12.1 Å². The second-order valence-electron chi connectivity index (χ2n) is 10.9. The third-order valence-electron chi connectivity index (χ3n) is 8.54. The van der Waals surface area contributed by atoms with Crippen molar-refractivity contribution < 1.29 is 19.2 Å². The number of carbonyl (C=O) groups excluding carboxylic acids is 4. The van der Waals surface area contributed by atoms with Crippen LogP contribution in [0, 0.1) is 0 Å². The summed E-state index contributed by atoms with van der Waals surface area (Å²) in [6.07, 6.45) is 0. The Kier molecular flexibility index (Phi) is 4.74. The van der Waals surface area contributed by atoms with E-state index in [-0.39, 0.29) is 11.1 Å². The standard InChI is InChI=1S/C34H14N2O4S4/c37-31-19-11-17(21-9-15-3-1-13-5-7-41-27(13)29(15)43-21)25-23-20(32(38)35-33(25)39)12-18(26(24(19)23)34(40)36-31)22-10-16-4-2-14-6-8-42-28(14)30(16)44-22/h1-12H,(H,35,38,39)(H,36,37,40). The minimum absolute atomic E-state index is 0.277. The first-order chi connectivity index (χ1) is 21.4. The average Bonchev–Trinajstić information content (AvgIpc) is 3.82. The highest BCUT2D eigenvalue weighted by molar-refractivity contribution is 7.29. The maximum Gasteiger partial charge on any atom is 0.259 e. The van der Waals surface area contributed by atoms with Crippen molar-refractivity contribution in [2.75, 3.05) is 0 Å². The summed E-state index contributed by atoms with van der Waals surface area (Å²) in [7, 11) is 0. The Morgan fingerprint density at radius 2 is 0.864 bits per heavy atom. The van der Waals surface area contributed by atoms with E-state index in [9.17, 15) is 19.2 Å². The fraction of sp³-hybridized carbons (Fsp3) is 0. The van der Waals surface area contributed by atoms with Crippen LogP contribution in [-0.4, -0.2) is 23.6 Å². The molecule has 0 radical (unpaired) electrons. The number of hydrogen-bond acceptors (Lipinski definition) is 8. The zero-order valence-corrected chi connectivity index (χ0v) is 25.5. The molecule has 0 spiro atoms. The van der Waals surface area contributed by atoms with Crippen LogP contribution in [0.3, 0.4) is 0 Å². The van der Waals surface area contributed by atoms with Gasteiger partial charge in [0, 0.05) is 42.8 Å². The van der Waals surface area contributed by atoms with E-state index in [0.29, 0.717) is 33.0 Å². The van der Waals surface area contributed by atoms with Crippen LogP contribution in [0.2, 0.25) is 0 Å². The van der Waals surface area contributed by atoms with Crippen LogP contribution in [0.4, 0.5) is 0 Å². The van der Waals surface area contributed by atoms with Gasteiger partial charge in [-0.3, -0.25) is 29.8 Å². The van der Waals surface area contributed by atoms with Crippen molar-refractivity contribution in [1.82, 2.24) is 10.6 Å². The Morgan fingerprint density at radius 3 is 1.32 bits per heavy atom. The zero-order valence-electron chi connectivity index (χ0n) is 22.2. The summed E-state index contributed by atoms with van der Waals surface area (Å²) in [4.78, 5) is 55.8. The van der Waals surface area contributed by atoms with Gasteiger partial charge in [-0.2, -0.15) is 0 Å². The van der Waals surface area contributed by atoms with E-state index in [1.165, 1.54) is 0 Å². The SMILES string of the molecule is O=C1NC(=O)c2c(-c3cc4ccc5ccsc5c4s3)cc3c4c(c(-c5cc6ccc7ccsc7c6s5)cc1c24)C(=O)NC3=O. The van der Waals surface area contributed by atoms with Crippen molar-refractivity contribution in [1.29, 1.82) is 0 Å². The monoisotopic (exact) mass is 642 g/mol. The van der Waals surface area contributed by atoms with E-state index in [2.05, 4.69) is 57.8 Å². The first-order valence-corrected chi connectivity index (χ1v) is 17.0. The van der Waals surface area contributed by atoms with Crippen LogP contribution in [-0.2, 0) is 0 Å². The summed E-state index contributed by atoms with van der Waals surface area (Å²) < 4.78 is 4.52.